The maximum atomic E-state index is 11.9. The van der Waals surface area contributed by atoms with Gasteiger partial charge in [-0.1, -0.05) is 31.5 Å². The Morgan fingerprint density at radius 2 is 2.11 bits per heavy atom. The van der Waals surface area contributed by atoms with Crippen molar-refractivity contribution in [3.05, 3.63) is 35.5 Å². The summed E-state index contributed by atoms with van der Waals surface area (Å²) in [5.74, 6) is -0.464. The minimum atomic E-state index is -0.464. The van der Waals surface area contributed by atoms with Crippen LogP contribution in [0.25, 0.3) is 10.9 Å². The van der Waals surface area contributed by atoms with E-state index in [9.17, 15) is 9.59 Å². The zero-order chi connectivity index (χ0) is 13.8. The summed E-state index contributed by atoms with van der Waals surface area (Å²) in [5, 5.41) is 0.800. The topological polar surface area (TPSA) is 48.3 Å². The van der Waals surface area contributed by atoms with E-state index in [-0.39, 0.29) is 0 Å². The normalized spacial score (nSPS) is 10.6. The van der Waals surface area contributed by atoms with E-state index in [2.05, 4.69) is 6.92 Å². The molecular formula is C15H17NO3. The Labute approximate surface area is 112 Å². The molecule has 1 aromatic heterocycles. The SMILES string of the molecule is CCCCn1c(C(=O)OC)c(C=O)c2ccccc21. The average Bonchev–Trinajstić information content (AvgIpc) is 2.77. The van der Waals surface area contributed by atoms with Crippen LogP contribution in [-0.4, -0.2) is 23.9 Å². The Morgan fingerprint density at radius 1 is 1.37 bits per heavy atom. The van der Waals surface area contributed by atoms with E-state index in [1.807, 2.05) is 28.8 Å². The van der Waals surface area contributed by atoms with Crippen LogP contribution in [0.5, 0.6) is 0 Å². The second-order valence-corrected chi connectivity index (χ2v) is 4.39. The van der Waals surface area contributed by atoms with Gasteiger partial charge in [-0.15, -0.1) is 0 Å². The van der Waals surface area contributed by atoms with E-state index in [0.717, 1.165) is 30.0 Å². The van der Waals surface area contributed by atoms with E-state index < -0.39 is 5.97 Å². The number of methoxy groups -OCH3 is 1. The molecule has 0 amide bonds. The summed E-state index contributed by atoms with van der Waals surface area (Å²) >= 11 is 0. The van der Waals surface area contributed by atoms with Gasteiger partial charge in [0, 0.05) is 17.4 Å². The number of esters is 1. The quantitative estimate of drug-likeness (QED) is 0.612. The molecule has 1 heterocycles. The molecule has 0 N–H and O–H groups in total. The number of hydrogen-bond acceptors (Lipinski definition) is 3. The highest BCUT2D eigenvalue weighted by Gasteiger charge is 2.22. The van der Waals surface area contributed by atoms with Crippen LogP contribution in [0.4, 0.5) is 0 Å². The van der Waals surface area contributed by atoms with Crippen molar-refractivity contribution < 1.29 is 14.3 Å². The second-order valence-electron chi connectivity index (χ2n) is 4.39. The fraction of sp³-hybridized carbons (Fsp3) is 0.333. The van der Waals surface area contributed by atoms with Crippen molar-refractivity contribution in [1.29, 1.82) is 0 Å². The van der Waals surface area contributed by atoms with Gasteiger partial charge in [0.1, 0.15) is 5.69 Å². The molecule has 0 fully saturated rings. The Hall–Kier alpha value is -2.10. The minimum absolute atomic E-state index is 0.354. The molecule has 4 nitrogen and oxygen atoms in total. The Balaban J connectivity index is 2.72. The summed E-state index contributed by atoms with van der Waals surface area (Å²) in [6.07, 6.45) is 2.70. The molecule has 0 saturated carbocycles. The molecular weight excluding hydrogens is 242 g/mol. The molecule has 100 valence electrons. The third-order valence-electron chi connectivity index (χ3n) is 3.24. The Kier molecular flexibility index (Phi) is 4.00. The number of hydrogen-bond donors (Lipinski definition) is 0. The van der Waals surface area contributed by atoms with E-state index in [4.69, 9.17) is 4.74 Å². The van der Waals surface area contributed by atoms with E-state index in [0.29, 0.717) is 17.8 Å². The molecule has 0 radical (unpaired) electrons. The molecule has 4 heteroatoms. The van der Waals surface area contributed by atoms with Gasteiger partial charge < -0.3 is 9.30 Å². The zero-order valence-electron chi connectivity index (χ0n) is 11.2. The molecule has 0 spiro atoms. The number of carbonyl (C=O) groups is 2. The number of nitrogens with zero attached hydrogens (tertiary/aromatic N) is 1. The first-order chi connectivity index (χ1) is 9.24. The highest BCUT2D eigenvalue weighted by Crippen LogP contribution is 2.26. The lowest BCUT2D eigenvalue weighted by Gasteiger charge is -2.08. The molecule has 0 aliphatic carbocycles. The third-order valence-corrected chi connectivity index (χ3v) is 3.24. The van der Waals surface area contributed by atoms with Gasteiger partial charge in [0.15, 0.2) is 6.29 Å². The molecule has 0 aliphatic rings. The summed E-state index contributed by atoms with van der Waals surface area (Å²) in [4.78, 5) is 23.3. The lowest BCUT2D eigenvalue weighted by molar-refractivity contribution is 0.0586. The largest absolute Gasteiger partial charge is 0.464 e. The number of rotatable bonds is 5. The summed E-state index contributed by atoms with van der Waals surface area (Å²) in [7, 11) is 1.33. The number of ether oxygens (including phenoxy) is 1. The fourth-order valence-electron chi connectivity index (χ4n) is 2.31. The summed E-state index contributed by atoms with van der Waals surface area (Å²) in [6.45, 7) is 2.79. The monoisotopic (exact) mass is 259 g/mol. The predicted octanol–water partition coefficient (Wildman–Crippen LogP) is 3.04. The van der Waals surface area contributed by atoms with Crippen LogP contribution in [0.1, 0.15) is 40.6 Å². The van der Waals surface area contributed by atoms with Crippen molar-refractivity contribution in [2.24, 2.45) is 0 Å². The number of para-hydroxylation sites is 1. The van der Waals surface area contributed by atoms with Gasteiger partial charge in [-0.3, -0.25) is 4.79 Å². The Morgan fingerprint density at radius 3 is 2.74 bits per heavy atom. The first kappa shape index (κ1) is 13.3. The number of aryl methyl sites for hydroxylation is 1. The van der Waals surface area contributed by atoms with Gasteiger partial charge in [0.25, 0.3) is 0 Å². The highest BCUT2D eigenvalue weighted by atomic mass is 16.5. The van der Waals surface area contributed by atoms with Crippen LogP contribution in [0.2, 0.25) is 0 Å². The van der Waals surface area contributed by atoms with Crippen molar-refractivity contribution in [2.75, 3.05) is 7.11 Å². The summed E-state index contributed by atoms with van der Waals surface area (Å²) < 4.78 is 6.69. The lowest BCUT2D eigenvalue weighted by Crippen LogP contribution is -2.12. The van der Waals surface area contributed by atoms with Crippen LogP contribution in [0, 0.1) is 0 Å². The number of benzene rings is 1. The van der Waals surface area contributed by atoms with Gasteiger partial charge in [-0.05, 0) is 12.5 Å². The van der Waals surface area contributed by atoms with Gasteiger partial charge >= 0.3 is 5.97 Å². The van der Waals surface area contributed by atoms with Crippen LogP contribution in [0.15, 0.2) is 24.3 Å². The maximum absolute atomic E-state index is 11.9. The summed E-state index contributed by atoms with van der Waals surface area (Å²) in [6, 6.07) is 7.54. The van der Waals surface area contributed by atoms with Gasteiger partial charge in [0.2, 0.25) is 0 Å². The summed E-state index contributed by atoms with van der Waals surface area (Å²) in [5.41, 5.74) is 1.67. The fourth-order valence-corrected chi connectivity index (χ4v) is 2.31. The first-order valence-electron chi connectivity index (χ1n) is 6.39. The Bertz CT molecular complexity index is 613. The van der Waals surface area contributed by atoms with Gasteiger partial charge in [-0.2, -0.15) is 0 Å². The standard InChI is InChI=1S/C15H17NO3/c1-3-4-9-16-13-8-6-5-7-11(13)12(10-17)14(16)15(18)19-2/h5-8,10H,3-4,9H2,1-2H3. The second kappa shape index (κ2) is 5.69. The molecule has 2 aromatic rings. The number of unbranched alkanes of at least 4 members (excludes halogenated alkanes) is 1. The predicted molar refractivity (Wildman–Crippen MR) is 73.6 cm³/mol. The molecule has 19 heavy (non-hydrogen) atoms. The highest BCUT2D eigenvalue weighted by molar-refractivity contribution is 6.08. The van der Waals surface area contributed by atoms with Crippen LogP contribution in [-0.2, 0) is 11.3 Å². The number of aldehydes is 1. The first-order valence-corrected chi connectivity index (χ1v) is 6.39. The molecule has 2 rings (SSSR count). The van der Waals surface area contributed by atoms with E-state index >= 15 is 0 Å². The molecule has 0 bridgehead atoms. The van der Waals surface area contributed by atoms with Crippen molar-refractivity contribution in [3.63, 3.8) is 0 Å². The van der Waals surface area contributed by atoms with Crippen molar-refractivity contribution in [1.82, 2.24) is 4.57 Å². The van der Waals surface area contributed by atoms with Gasteiger partial charge in [-0.25, -0.2) is 4.79 Å². The molecule has 0 aliphatic heterocycles. The minimum Gasteiger partial charge on any atom is -0.464 e. The smallest absolute Gasteiger partial charge is 0.355 e. The van der Waals surface area contributed by atoms with Crippen molar-refractivity contribution in [3.8, 4) is 0 Å². The van der Waals surface area contributed by atoms with Crippen molar-refractivity contribution >= 4 is 23.2 Å². The molecule has 0 saturated heterocycles. The molecule has 0 unspecified atom stereocenters. The van der Waals surface area contributed by atoms with Crippen LogP contribution < -0.4 is 0 Å². The average molecular weight is 259 g/mol. The van der Waals surface area contributed by atoms with Gasteiger partial charge in [0.05, 0.1) is 12.7 Å². The van der Waals surface area contributed by atoms with E-state index in [1.54, 1.807) is 0 Å². The third kappa shape index (κ3) is 2.26. The number of aromatic nitrogens is 1. The van der Waals surface area contributed by atoms with Crippen molar-refractivity contribution in [2.45, 2.75) is 26.3 Å². The molecule has 0 atom stereocenters. The lowest BCUT2D eigenvalue weighted by atomic mass is 10.1. The van der Waals surface area contributed by atoms with Crippen LogP contribution in [0.3, 0.4) is 0 Å². The van der Waals surface area contributed by atoms with E-state index in [1.165, 1.54) is 7.11 Å². The van der Waals surface area contributed by atoms with Crippen LogP contribution >= 0.6 is 0 Å². The molecule has 1 aromatic carbocycles. The number of carbonyl (C=O) groups excluding carboxylic acids is 2. The number of fused-ring (bicyclic) bond motifs is 1. The maximum Gasteiger partial charge on any atom is 0.355 e. The zero-order valence-corrected chi connectivity index (χ0v) is 11.2.